The summed E-state index contributed by atoms with van der Waals surface area (Å²) in [6.07, 6.45) is 10.4. The highest BCUT2D eigenvalue weighted by molar-refractivity contribution is 8.00. The monoisotopic (exact) mass is 368 g/mol. The van der Waals surface area contributed by atoms with Gasteiger partial charge < -0.3 is 9.80 Å². The molecule has 5 nitrogen and oxygen atoms in total. The minimum Gasteiger partial charge on any atom is -0.342 e. The van der Waals surface area contributed by atoms with Crippen LogP contribution in [0.5, 0.6) is 0 Å². The number of piperidine rings is 1. The van der Waals surface area contributed by atoms with Crippen molar-refractivity contribution in [2.75, 3.05) is 30.8 Å². The van der Waals surface area contributed by atoms with Crippen LogP contribution in [0.2, 0.25) is 5.02 Å². The maximum Gasteiger partial charge on any atom is 0.232 e. The van der Waals surface area contributed by atoms with E-state index in [0.29, 0.717) is 33.9 Å². The third-order valence-corrected chi connectivity index (χ3v) is 6.58. The molecule has 1 aliphatic carbocycles. The number of carbonyl (C=O) groups is 1. The number of hydrogen-bond donors (Lipinski definition) is 0. The maximum absolute atomic E-state index is 12.4. The number of rotatable bonds is 5. The molecular weight excluding hydrogens is 344 g/mol. The van der Waals surface area contributed by atoms with E-state index in [0.717, 1.165) is 25.9 Å². The lowest BCUT2D eigenvalue weighted by molar-refractivity contribution is -0.129. The number of nitrogens with zero attached hydrogens (tertiary/aromatic N) is 4. The molecule has 1 aliphatic heterocycles. The first-order valence-corrected chi connectivity index (χ1v) is 10.2. The molecule has 0 radical (unpaired) electrons. The van der Waals surface area contributed by atoms with Gasteiger partial charge in [0.15, 0.2) is 0 Å². The molecule has 1 amide bonds. The molecular formula is C17H25ClN4OS. The van der Waals surface area contributed by atoms with Gasteiger partial charge in [0.1, 0.15) is 0 Å². The molecule has 0 bridgehead atoms. The Bertz CT molecular complexity index is 542. The van der Waals surface area contributed by atoms with E-state index in [2.05, 4.69) is 14.9 Å². The Morgan fingerprint density at radius 2 is 1.88 bits per heavy atom. The molecule has 0 aromatic carbocycles. The van der Waals surface area contributed by atoms with Crippen molar-refractivity contribution in [2.45, 2.75) is 49.8 Å². The van der Waals surface area contributed by atoms with Crippen molar-refractivity contribution in [1.82, 2.24) is 14.9 Å². The minimum atomic E-state index is 0.302. The molecule has 3 rings (SSSR count). The van der Waals surface area contributed by atoms with Gasteiger partial charge in [0.25, 0.3) is 0 Å². The molecule has 1 aromatic heterocycles. The van der Waals surface area contributed by atoms with E-state index < -0.39 is 0 Å². The first-order valence-electron chi connectivity index (χ1n) is 8.73. The van der Waals surface area contributed by atoms with Crippen molar-refractivity contribution >= 4 is 35.2 Å². The topological polar surface area (TPSA) is 49.3 Å². The van der Waals surface area contributed by atoms with Gasteiger partial charge in [0, 0.05) is 31.4 Å². The normalized spacial score (nSPS) is 19.7. The SMILES string of the molecule is CN(c1ncc(Cl)cn1)C1CCN(C(=O)CSC2CCCC2)CC1. The van der Waals surface area contributed by atoms with Gasteiger partial charge in [-0.05, 0) is 25.7 Å². The second-order valence-corrected chi connectivity index (χ2v) is 8.37. The van der Waals surface area contributed by atoms with Crippen LogP contribution in [0.3, 0.4) is 0 Å². The van der Waals surface area contributed by atoms with Crippen LogP contribution < -0.4 is 4.90 Å². The highest BCUT2D eigenvalue weighted by atomic mass is 35.5. The Morgan fingerprint density at radius 1 is 1.25 bits per heavy atom. The van der Waals surface area contributed by atoms with Crippen LogP contribution in [0.4, 0.5) is 5.95 Å². The molecule has 2 fully saturated rings. The van der Waals surface area contributed by atoms with Gasteiger partial charge in [-0.1, -0.05) is 24.4 Å². The highest BCUT2D eigenvalue weighted by Gasteiger charge is 2.27. The number of halogens is 1. The summed E-state index contributed by atoms with van der Waals surface area (Å²) in [7, 11) is 2.02. The van der Waals surface area contributed by atoms with Crippen molar-refractivity contribution in [1.29, 1.82) is 0 Å². The number of likely N-dealkylation sites (tertiary alicyclic amines) is 1. The lowest BCUT2D eigenvalue weighted by Crippen LogP contribution is -2.46. The smallest absolute Gasteiger partial charge is 0.232 e. The molecule has 0 N–H and O–H groups in total. The summed E-state index contributed by atoms with van der Waals surface area (Å²) in [6.45, 7) is 1.65. The van der Waals surface area contributed by atoms with Crippen LogP contribution in [-0.4, -0.2) is 58.0 Å². The van der Waals surface area contributed by atoms with Gasteiger partial charge in [-0.3, -0.25) is 4.79 Å². The molecule has 0 spiro atoms. The van der Waals surface area contributed by atoms with Crippen LogP contribution >= 0.6 is 23.4 Å². The van der Waals surface area contributed by atoms with E-state index in [4.69, 9.17) is 11.6 Å². The average molecular weight is 369 g/mol. The van der Waals surface area contributed by atoms with Crippen molar-refractivity contribution in [2.24, 2.45) is 0 Å². The summed E-state index contributed by atoms with van der Waals surface area (Å²) in [5.41, 5.74) is 0. The standard InChI is InChI=1S/C17H25ClN4OS/c1-21(17-19-10-13(18)11-20-17)14-6-8-22(9-7-14)16(23)12-24-15-4-2-3-5-15/h10-11,14-15H,2-9,12H2,1H3. The van der Waals surface area contributed by atoms with E-state index in [-0.39, 0.29) is 0 Å². The van der Waals surface area contributed by atoms with Crippen molar-refractivity contribution in [3.8, 4) is 0 Å². The Balaban J connectivity index is 1.44. The van der Waals surface area contributed by atoms with Crippen LogP contribution in [0, 0.1) is 0 Å². The largest absolute Gasteiger partial charge is 0.342 e. The number of anilines is 1. The van der Waals surface area contributed by atoms with E-state index in [9.17, 15) is 4.79 Å². The van der Waals surface area contributed by atoms with E-state index >= 15 is 0 Å². The molecule has 2 aliphatic rings. The second-order valence-electron chi connectivity index (χ2n) is 6.64. The third kappa shape index (κ3) is 4.54. The van der Waals surface area contributed by atoms with Crippen molar-refractivity contribution < 1.29 is 4.79 Å². The summed E-state index contributed by atoms with van der Waals surface area (Å²) in [6, 6.07) is 0.373. The molecule has 0 atom stereocenters. The van der Waals surface area contributed by atoms with E-state index in [1.54, 1.807) is 12.4 Å². The van der Waals surface area contributed by atoms with Gasteiger partial charge in [-0.2, -0.15) is 0 Å². The van der Waals surface area contributed by atoms with Gasteiger partial charge >= 0.3 is 0 Å². The number of carbonyl (C=O) groups excluding carboxylic acids is 1. The number of thioether (sulfide) groups is 1. The molecule has 1 saturated heterocycles. The quantitative estimate of drug-likeness (QED) is 0.798. The third-order valence-electron chi connectivity index (χ3n) is 5.03. The molecule has 1 aromatic rings. The lowest BCUT2D eigenvalue weighted by atomic mass is 10.0. The zero-order valence-electron chi connectivity index (χ0n) is 14.2. The molecule has 2 heterocycles. The molecule has 24 heavy (non-hydrogen) atoms. The highest BCUT2D eigenvalue weighted by Crippen LogP contribution is 2.29. The second kappa shape index (κ2) is 8.39. The first-order chi connectivity index (χ1) is 11.6. The van der Waals surface area contributed by atoms with Gasteiger partial charge in [0.05, 0.1) is 23.2 Å². The van der Waals surface area contributed by atoms with Crippen LogP contribution in [0.15, 0.2) is 12.4 Å². The fourth-order valence-electron chi connectivity index (χ4n) is 3.49. The molecule has 0 unspecified atom stereocenters. The Hall–Kier alpha value is -1.01. The Kier molecular flexibility index (Phi) is 6.22. The van der Waals surface area contributed by atoms with Crippen molar-refractivity contribution in [3.05, 3.63) is 17.4 Å². The summed E-state index contributed by atoms with van der Waals surface area (Å²) in [5, 5.41) is 1.26. The maximum atomic E-state index is 12.4. The van der Waals surface area contributed by atoms with Crippen LogP contribution in [0.1, 0.15) is 38.5 Å². The number of hydrogen-bond acceptors (Lipinski definition) is 5. The zero-order valence-corrected chi connectivity index (χ0v) is 15.7. The fourth-order valence-corrected chi connectivity index (χ4v) is 4.81. The minimum absolute atomic E-state index is 0.302. The lowest BCUT2D eigenvalue weighted by Gasteiger charge is -2.36. The zero-order chi connectivity index (χ0) is 16.9. The van der Waals surface area contributed by atoms with E-state index in [1.807, 2.05) is 23.7 Å². The predicted molar refractivity (Wildman–Crippen MR) is 99.8 cm³/mol. The molecule has 7 heteroatoms. The molecule has 132 valence electrons. The first kappa shape index (κ1) is 17.8. The molecule has 1 saturated carbocycles. The van der Waals surface area contributed by atoms with Crippen molar-refractivity contribution in [3.63, 3.8) is 0 Å². The predicted octanol–water partition coefficient (Wildman–Crippen LogP) is 3.23. The van der Waals surface area contributed by atoms with E-state index in [1.165, 1.54) is 25.7 Å². The number of aromatic nitrogens is 2. The Morgan fingerprint density at radius 3 is 2.50 bits per heavy atom. The van der Waals surface area contributed by atoms with Gasteiger partial charge in [-0.25, -0.2) is 9.97 Å². The summed E-state index contributed by atoms with van der Waals surface area (Å²) in [5.74, 6) is 1.64. The fraction of sp³-hybridized carbons (Fsp3) is 0.706. The average Bonchev–Trinajstić information content (AvgIpc) is 3.13. The summed E-state index contributed by atoms with van der Waals surface area (Å²) in [4.78, 5) is 25.1. The number of amides is 1. The van der Waals surface area contributed by atoms with Gasteiger partial charge in [0.2, 0.25) is 11.9 Å². The summed E-state index contributed by atoms with van der Waals surface area (Å²) >= 11 is 7.70. The van der Waals surface area contributed by atoms with Crippen LogP contribution in [0.25, 0.3) is 0 Å². The summed E-state index contributed by atoms with van der Waals surface area (Å²) < 4.78 is 0. The van der Waals surface area contributed by atoms with Gasteiger partial charge in [-0.15, -0.1) is 11.8 Å². The Labute approximate surface area is 153 Å². The van der Waals surface area contributed by atoms with Crippen LogP contribution in [-0.2, 0) is 4.79 Å².